The van der Waals surface area contributed by atoms with Crippen LogP contribution >= 0.6 is 0 Å². The van der Waals surface area contributed by atoms with Gasteiger partial charge in [-0.05, 0) is 69.2 Å². The van der Waals surface area contributed by atoms with Crippen molar-refractivity contribution in [3.63, 3.8) is 0 Å². The smallest absolute Gasteiger partial charge is 0.255 e. The molecule has 5 nitrogen and oxygen atoms in total. The van der Waals surface area contributed by atoms with Gasteiger partial charge in [-0.1, -0.05) is 36.9 Å². The van der Waals surface area contributed by atoms with Gasteiger partial charge in [0.25, 0.3) is 5.91 Å². The highest BCUT2D eigenvalue weighted by Gasteiger charge is 2.10. The largest absolute Gasteiger partial charge is 0.324 e. The second kappa shape index (κ2) is 9.18. The maximum atomic E-state index is 12.6. The lowest BCUT2D eigenvalue weighted by Gasteiger charge is -2.12. The van der Waals surface area contributed by atoms with Gasteiger partial charge in [-0.15, -0.1) is 0 Å². The van der Waals surface area contributed by atoms with Gasteiger partial charge in [-0.25, -0.2) is 9.97 Å². The molecule has 0 aliphatic carbocycles. The fourth-order valence-corrected chi connectivity index (χ4v) is 3.29. The Kier molecular flexibility index (Phi) is 6.42. The second-order valence-electron chi connectivity index (χ2n) is 7.05. The van der Waals surface area contributed by atoms with Crippen LogP contribution in [0.15, 0.2) is 55.1 Å². The molecule has 0 saturated heterocycles. The molecule has 2 N–H and O–H groups in total. The topological polar surface area (TPSA) is 66.9 Å². The monoisotopic (exact) mass is 398 g/mol. The Labute approximate surface area is 176 Å². The van der Waals surface area contributed by atoms with E-state index in [9.17, 15) is 4.79 Å². The molecule has 2 aromatic carbocycles. The fourth-order valence-electron chi connectivity index (χ4n) is 3.29. The van der Waals surface area contributed by atoms with Crippen LogP contribution in [0.3, 0.4) is 0 Å². The summed E-state index contributed by atoms with van der Waals surface area (Å²) in [6.45, 7) is 11.6. The number of hydrogen-bond donors (Lipinski definition) is 2. The summed E-state index contributed by atoms with van der Waals surface area (Å²) in [5.74, 6) is 0.357. The molecule has 3 rings (SSSR count). The van der Waals surface area contributed by atoms with E-state index >= 15 is 0 Å². The Hall–Kier alpha value is -3.73. The third-order valence-corrected chi connectivity index (χ3v) is 4.85. The first-order chi connectivity index (χ1) is 14.4. The molecule has 152 valence electrons. The number of para-hydroxylation sites is 1. The molecule has 0 fully saturated rings. The molecule has 0 aliphatic rings. The van der Waals surface area contributed by atoms with Crippen LogP contribution in [0.4, 0.5) is 17.3 Å². The number of anilines is 3. The normalized spacial score (nSPS) is 12.0. The number of nitrogens with one attached hydrogen (secondary N) is 2. The highest BCUT2D eigenvalue weighted by atomic mass is 16.1. The van der Waals surface area contributed by atoms with Crippen molar-refractivity contribution in [2.24, 2.45) is 0 Å². The van der Waals surface area contributed by atoms with Crippen molar-refractivity contribution in [3.05, 3.63) is 88.1 Å². The van der Waals surface area contributed by atoms with Crippen LogP contribution in [0.1, 0.15) is 34.1 Å². The Morgan fingerprint density at radius 2 is 1.67 bits per heavy atom. The first kappa shape index (κ1) is 21.0. The SMILES string of the molecule is C=C/C=c1/nc(Nc2ccc(C(=O)Nc3c(C)cccc3C)cc2)nc(C)/c1=C/C. The molecule has 1 aromatic heterocycles. The number of aromatic nitrogens is 2. The molecular formula is C25H26N4O. The number of aryl methyl sites for hydroxylation is 3. The summed E-state index contributed by atoms with van der Waals surface area (Å²) >= 11 is 0. The molecule has 3 aromatic rings. The van der Waals surface area contributed by atoms with E-state index in [4.69, 9.17) is 0 Å². The van der Waals surface area contributed by atoms with Gasteiger partial charge in [0.15, 0.2) is 0 Å². The zero-order valence-corrected chi connectivity index (χ0v) is 17.8. The quantitative estimate of drug-likeness (QED) is 0.677. The average Bonchev–Trinajstić information content (AvgIpc) is 2.71. The number of rotatable bonds is 5. The Balaban J connectivity index is 1.81. The van der Waals surface area contributed by atoms with E-state index in [0.717, 1.165) is 38.8 Å². The Bertz CT molecular complexity index is 1190. The van der Waals surface area contributed by atoms with Crippen molar-refractivity contribution in [2.75, 3.05) is 10.6 Å². The van der Waals surface area contributed by atoms with Crippen molar-refractivity contribution < 1.29 is 4.79 Å². The van der Waals surface area contributed by atoms with Crippen molar-refractivity contribution >= 4 is 35.4 Å². The van der Waals surface area contributed by atoms with E-state index in [2.05, 4.69) is 27.2 Å². The zero-order chi connectivity index (χ0) is 21.7. The summed E-state index contributed by atoms with van der Waals surface area (Å²) in [5, 5.41) is 8.01. The number of amides is 1. The van der Waals surface area contributed by atoms with Crippen LogP contribution in [-0.2, 0) is 0 Å². The summed E-state index contributed by atoms with van der Waals surface area (Å²) in [4.78, 5) is 21.7. The summed E-state index contributed by atoms with van der Waals surface area (Å²) in [5.41, 5.74) is 5.19. The molecule has 0 aliphatic heterocycles. The minimum atomic E-state index is -0.142. The number of hydrogen-bond acceptors (Lipinski definition) is 4. The Morgan fingerprint density at radius 3 is 2.27 bits per heavy atom. The van der Waals surface area contributed by atoms with Crippen LogP contribution in [0.2, 0.25) is 0 Å². The first-order valence-electron chi connectivity index (χ1n) is 9.81. The molecule has 0 spiro atoms. The lowest BCUT2D eigenvalue weighted by molar-refractivity contribution is 0.102. The lowest BCUT2D eigenvalue weighted by atomic mass is 10.1. The van der Waals surface area contributed by atoms with Crippen molar-refractivity contribution in [1.82, 2.24) is 9.97 Å². The van der Waals surface area contributed by atoms with Gasteiger partial charge >= 0.3 is 0 Å². The molecule has 0 atom stereocenters. The third-order valence-electron chi connectivity index (χ3n) is 4.85. The number of nitrogens with zero attached hydrogens (tertiary/aromatic N) is 2. The van der Waals surface area contributed by atoms with Crippen molar-refractivity contribution in [3.8, 4) is 0 Å². The summed E-state index contributed by atoms with van der Waals surface area (Å²) in [7, 11) is 0. The van der Waals surface area contributed by atoms with E-state index in [1.165, 1.54) is 0 Å². The molecule has 30 heavy (non-hydrogen) atoms. The van der Waals surface area contributed by atoms with E-state index < -0.39 is 0 Å². The molecule has 1 heterocycles. The van der Waals surface area contributed by atoms with Crippen LogP contribution in [0.5, 0.6) is 0 Å². The maximum Gasteiger partial charge on any atom is 0.255 e. The zero-order valence-electron chi connectivity index (χ0n) is 17.8. The van der Waals surface area contributed by atoms with Gasteiger partial charge in [-0.3, -0.25) is 4.79 Å². The molecule has 0 saturated carbocycles. The van der Waals surface area contributed by atoms with Crippen LogP contribution in [-0.4, -0.2) is 15.9 Å². The predicted molar refractivity (Wildman–Crippen MR) is 124 cm³/mol. The van der Waals surface area contributed by atoms with E-state index in [0.29, 0.717) is 11.5 Å². The molecule has 1 amide bonds. The highest BCUT2D eigenvalue weighted by molar-refractivity contribution is 6.05. The van der Waals surface area contributed by atoms with Gasteiger partial charge in [-0.2, -0.15) is 0 Å². The number of carbonyl (C=O) groups is 1. The van der Waals surface area contributed by atoms with E-state index in [-0.39, 0.29) is 5.91 Å². The van der Waals surface area contributed by atoms with Gasteiger partial charge in [0.05, 0.1) is 11.0 Å². The van der Waals surface area contributed by atoms with Crippen LogP contribution in [0.25, 0.3) is 12.2 Å². The van der Waals surface area contributed by atoms with Crippen molar-refractivity contribution in [1.29, 1.82) is 0 Å². The summed E-state index contributed by atoms with van der Waals surface area (Å²) < 4.78 is 0. The summed E-state index contributed by atoms with van der Waals surface area (Å²) in [6.07, 6.45) is 5.55. The lowest BCUT2D eigenvalue weighted by Crippen LogP contribution is -2.32. The maximum absolute atomic E-state index is 12.6. The molecular weight excluding hydrogens is 372 g/mol. The first-order valence-corrected chi connectivity index (χ1v) is 9.81. The van der Waals surface area contributed by atoms with E-state index in [1.807, 2.05) is 70.2 Å². The third kappa shape index (κ3) is 4.63. The van der Waals surface area contributed by atoms with Crippen molar-refractivity contribution in [2.45, 2.75) is 27.7 Å². The average molecular weight is 399 g/mol. The summed E-state index contributed by atoms with van der Waals surface area (Å²) in [6, 6.07) is 13.2. The molecule has 5 heteroatoms. The predicted octanol–water partition coefficient (Wildman–Crippen LogP) is 4.16. The number of benzene rings is 2. The molecule has 0 radical (unpaired) electrons. The highest BCUT2D eigenvalue weighted by Crippen LogP contribution is 2.21. The van der Waals surface area contributed by atoms with Gasteiger partial charge in [0.2, 0.25) is 5.95 Å². The number of carbonyl (C=O) groups excluding carboxylic acids is 1. The van der Waals surface area contributed by atoms with Crippen LogP contribution in [0, 0.1) is 20.8 Å². The minimum absolute atomic E-state index is 0.142. The minimum Gasteiger partial charge on any atom is -0.324 e. The van der Waals surface area contributed by atoms with E-state index in [1.54, 1.807) is 18.2 Å². The molecule has 0 bridgehead atoms. The van der Waals surface area contributed by atoms with Crippen LogP contribution < -0.4 is 21.2 Å². The fraction of sp³-hybridized carbons (Fsp3) is 0.160. The van der Waals surface area contributed by atoms with Gasteiger partial charge in [0, 0.05) is 22.2 Å². The van der Waals surface area contributed by atoms with Gasteiger partial charge in [0.1, 0.15) is 0 Å². The standard InChI is InChI=1S/C25H26N4O/c1-6-9-22-21(7-2)18(5)26-25(28-22)27-20-14-12-19(13-15-20)24(30)29-23-16(3)10-8-11-17(23)4/h6-15H,1H2,2-5H3,(H,27,28)(H,29,30)/b21-7-,22-9+. The second-order valence-corrected chi connectivity index (χ2v) is 7.05. The van der Waals surface area contributed by atoms with Gasteiger partial charge < -0.3 is 10.6 Å². The number of allylic oxidation sites excluding steroid dienone is 1. The Morgan fingerprint density at radius 1 is 1.00 bits per heavy atom. The molecule has 0 unspecified atom stereocenters.